The molecule has 16 heavy (non-hydrogen) atoms. The number of nitrogens with zero attached hydrogens (tertiary/aromatic N) is 1. The van der Waals surface area contributed by atoms with Gasteiger partial charge in [-0.25, -0.2) is 0 Å². The zero-order chi connectivity index (χ0) is 11.4. The van der Waals surface area contributed by atoms with Crippen molar-refractivity contribution in [3.05, 3.63) is 0 Å². The highest BCUT2D eigenvalue weighted by molar-refractivity contribution is 5.78. The molecule has 2 rings (SSSR count). The van der Waals surface area contributed by atoms with Crippen LogP contribution in [0.15, 0.2) is 0 Å². The zero-order valence-electron chi connectivity index (χ0n) is 10.1. The molecule has 1 aliphatic heterocycles. The predicted molar refractivity (Wildman–Crippen MR) is 62.2 cm³/mol. The minimum absolute atomic E-state index is 0.249. The van der Waals surface area contributed by atoms with Crippen LogP contribution in [-0.4, -0.2) is 50.7 Å². The van der Waals surface area contributed by atoms with Crippen LogP contribution in [-0.2, 0) is 9.53 Å². The molecule has 0 radical (unpaired) electrons. The first-order chi connectivity index (χ1) is 7.79. The Kier molecular flexibility index (Phi) is 4.18. The second-order valence-corrected chi connectivity index (χ2v) is 5.02. The lowest BCUT2D eigenvalue weighted by molar-refractivity contribution is -0.129. The number of carbonyl (C=O) groups is 1. The van der Waals surface area contributed by atoms with Gasteiger partial charge in [0.2, 0.25) is 5.91 Å². The smallest absolute Gasteiger partial charge is 0.236 e. The summed E-state index contributed by atoms with van der Waals surface area (Å²) >= 11 is 0. The van der Waals surface area contributed by atoms with E-state index in [0.717, 1.165) is 38.6 Å². The van der Waals surface area contributed by atoms with Gasteiger partial charge in [-0.15, -0.1) is 0 Å². The number of nitrogens with one attached hydrogen (secondary N) is 1. The highest BCUT2D eigenvalue weighted by Crippen LogP contribution is 2.27. The molecule has 1 saturated carbocycles. The summed E-state index contributed by atoms with van der Waals surface area (Å²) in [6.45, 7) is 4.08. The molecule has 2 fully saturated rings. The van der Waals surface area contributed by atoms with Gasteiger partial charge in [-0.3, -0.25) is 4.79 Å². The first kappa shape index (κ1) is 11.9. The predicted octanol–water partition coefficient (Wildman–Crippen LogP) is 0.481. The van der Waals surface area contributed by atoms with Crippen LogP contribution in [0.5, 0.6) is 0 Å². The van der Waals surface area contributed by atoms with Crippen molar-refractivity contribution in [1.82, 2.24) is 10.2 Å². The Morgan fingerprint density at radius 1 is 1.38 bits per heavy atom. The maximum atomic E-state index is 11.8. The summed E-state index contributed by atoms with van der Waals surface area (Å²) < 4.78 is 5.12. The molecule has 1 N–H and O–H groups in total. The van der Waals surface area contributed by atoms with Crippen molar-refractivity contribution in [3.63, 3.8) is 0 Å². The number of amides is 1. The van der Waals surface area contributed by atoms with Crippen LogP contribution in [0.4, 0.5) is 0 Å². The van der Waals surface area contributed by atoms with E-state index in [9.17, 15) is 4.79 Å². The number of rotatable bonds is 6. The Morgan fingerprint density at radius 3 is 2.88 bits per heavy atom. The number of hydrogen-bond donors (Lipinski definition) is 1. The van der Waals surface area contributed by atoms with Crippen molar-refractivity contribution in [2.45, 2.75) is 19.3 Å². The second kappa shape index (κ2) is 5.64. The molecule has 0 spiro atoms. The molecule has 1 saturated heterocycles. The second-order valence-electron chi connectivity index (χ2n) is 5.02. The van der Waals surface area contributed by atoms with E-state index in [0.29, 0.717) is 12.5 Å². The van der Waals surface area contributed by atoms with Gasteiger partial charge >= 0.3 is 0 Å². The van der Waals surface area contributed by atoms with Crippen LogP contribution in [0, 0.1) is 11.8 Å². The average molecular weight is 226 g/mol. The molecule has 0 aromatic rings. The third kappa shape index (κ3) is 3.46. The molecule has 4 nitrogen and oxygen atoms in total. The summed E-state index contributed by atoms with van der Waals surface area (Å²) in [5.74, 6) is 1.63. The molecule has 0 aromatic heterocycles. The fourth-order valence-corrected chi connectivity index (χ4v) is 2.25. The van der Waals surface area contributed by atoms with E-state index in [-0.39, 0.29) is 5.91 Å². The molecule has 1 aliphatic carbocycles. The van der Waals surface area contributed by atoms with Crippen molar-refractivity contribution in [2.24, 2.45) is 11.8 Å². The SMILES string of the molecule is COCC1CCN(C(=O)CNCC2CC2)C1. The lowest BCUT2D eigenvalue weighted by Gasteiger charge is -2.16. The number of likely N-dealkylation sites (tertiary alicyclic amines) is 1. The lowest BCUT2D eigenvalue weighted by Crippen LogP contribution is -2.37. The van der Waals surface area contributed by atoms with E-state index in [1.807, 2.05) is 4.90 Å². The fourth-order valence-electron chi connectivity index (χ4n) is 2.25. The van der Waals surface area contributed by atoms with Gasteiger partial charge in [0, 0.05) is 26.1 Å². The van der Waals surface area contributed by atoms with Crippen LogP contribution in [0.1, 0.15) is 19.3 Å². The van der Waals surface area contributed by atoms with Crippen LogP contribution < -0.4 is 5.32 Å². The number of hydrogen-bond acceptors (Lipinski definition) is 3. The van der Waals surface area contributed by atoms with Gasteiger partial charge in [-0.2, -0.15) is 0 Å². The van der Waals surface area contributed by atoms with Gasteiger partial charge in [0.25, 0.3) is 0 Å². The highest BCUT2D eigenvalue weighted by Gasteiger charge is 2.26. The van der Waals surface area contributed by atoms with E-state index < -0.39 is 0 Å². The minimum atomic E-state index is 0.249. The van der Waals surface area contributed by atoms with Gasteiger partial charge < -0.3 is 15.0 Å². The molecule has 0 bridgehead atoms. The van der Waals surface area contributed by atoms with E-state index in [4.69, 9.17) is 4.74 Å². The molecule has 92 valence electrons. The third-order valence-electron chi connectivity index (χ3n) is 3.45. The van der Waals surface area contributed by atoms with E-state index in [1.165, 1.54) is 12.8 Å². The molecule has 0 aromatic carbocycles. The van der Waals surface area contributed by atoms with Crippen molar-refractivity contribution >= 4 is 5.91 Å². The lowest BCUT2D eigenvalue weighted by atomic mass is 10.1. The number of methoxy groups -OCH3 is 1. The molecule has 1 atom stereocenters. The van der Waals surface area contributed by atoms with E-state index in [1.54, 1.807) is 7.11 Å². The quantitative estimate of drug-likeness (QED) is 0.716. The Bertz CT molecular complexity index is 241. The van der Waals surface area contributed by atoms with Crippen molar-refractivity contribution < 1.29 is 9.53 Å². The summed E-state index contributed by atoms with van der Waals surface area (Å²) in [7, 11) is 1.72. The van der Waals surface area contributed by atoms with E-state index in [2.05, 4.69) is 5.32 Å². The highest BCUT2D eigenvalue weighted by atomic mass is 16.5. The molecule has 1 unspecified atom stereocenters. The summed E-state index contributed by atoms with van der Waals surface area (Å²) in [6.07, 6.45) is 3.75. The summed E-state index contributed by atoms with van der Waals surface area (Å²) in [6, 6.07) is 0. The van der Waals surface area contributed by atoms with Crippen molar-refractivity contribution in [2.75, 3.05) is 39.9 Å². The molecule has 4 heteroatoms. The van der Waals surface area contributed by atoms with Gasteiger partial charge in [-0.1, -0.05) is 0 Å². The molecule has 2 aliphatic rings. The maximum Gasteiger partial charge on any atom is 0.236 e. The molecular weight excluding hydrogens is 204 g/mol. The summed E-state index contributed by atoms with van der Waals surface area (Å²) in [4.78, 5) is 13.8. The number of carbonyl (C=O) groups excluding carboxylic acids is 1. The standard InChI is InChI=1S/C12H22N2O2/c1-16-9-11-4-5-14(8-11)12(15)7-13-6-10-2-3-10/h10-11,13H,2-9H2,1H3. The monoisotopic (exact) mass is 226 g/mol. The van der Waals surface area contributed by atoms with Gasteiger partial charge in [-0.05, 0) is 31.7 Å². The Morgan fingerprint density at radius 2 is 2.19 bits per heavy atom. The van der Waals surface area contributed by atoms with Crippen LogP contribution in [0.25, 0.3) is 0 Å². The summed E-state index contributed by atoms with van der Waals surface area (Å²) in [5, 5.41) is 3.25. The minimum Gasteiger partial charge on any atom is -0.384 e. The topological polar surface area (TPSA) is 41.6 Å². The van der Waals surface area contributed by atoms with Crippen molar-refractivity contribution in [3.8, 4) is 0 Å². The van der Waals surface area contributed by atoms with E-state index >= 15 is 0 Å². The first-order valence-electron chi connectivity index (χ1n) is 6.27. The normalized spacial score (nSPS) is 25.1. The molecule has 1 heterocycles. The fraction of sp³-hybridized carbons (Fsp3) is 0.917. The zero-order valence-corrected chi connectivity index (χ0v) is 10.1. The largest absolute Gasteiger partial charge is 0.384 e. The maximum absolute atomic E-state index is 11.8. The Hall–Kier alpha value is -0.610. The Labute approximate surface area is 97.3 Å². The molecular formula is C12H22N2O2. The van der Waals surface area contributed by atoms with Crippen LogP contribution in [0.3, 0.4) is 0 Å². The third-order valence-corrected chi connectivity index (χ3v) is 3.45. The summed E-state index contributed by atoms with van der Waals surface area (Å²) in [5.41, 5.74) is 0. The number of ether oxygens (including phenoxy) is 1. The first-order valence-corrected chi connectivity index (χ1v) is 6.27. The van der Waals surface area contributed by atoms with Gasteiger partial charge in [0.05, 0.1) is 13.2 Å². The van der Waals surface area contributed by atoms with Crippen LogP contribution >= 0.6 is 0 Å². The van der Waals surface area contributed by atoms with Gasteiger partial charge in [0.1, 0.15) is 0 Å². The average Bonchev–Trinajstić information content (AvgIpc) is 2.97. The van der Waals surface area contributed by atoms with Crippen LogP contribution in [0.2, 0.25) is 0 Å². The van der Waals surface area contributed by atoms with Gasteiger partial charge in [0.15, 0.2) is 0 Å². The molecule has 1 amide bonds. The Balaban J connectivity index is 1.61. The van der Waals surface area contributed by atoms with Crippen molar-refractivity contribution in [1.29, 1.82) is 0 Å².